The van der Waals surface area contributed by atoms with E-state index in [-0.39, 0.29) is 33.7 Å². The molecule has 33 heavy (non-hydrogen) atoms. The molecule has 0 spiro atoms. The van der Waals surface area contributed by atoms with Crippen molar-refractivity contribution in [3.63, 3.8) is 0 Å². The van der Waals surface area contributed by atoms with Gasteiger partial charge >= 0.3 is 6.18 Å². The minimum Gasteiger partial charge on any atom is -0.382 e. The second-order valence-electron chi connectivity index (χ2n) is 6.77. The number of alkyl halides is 3. The van der Waals surface area contributed by atoms with Crippen LogP contribution in [0.3, 0.4) is 0 Å². The summed E-state index contributed by atoms with van der Waals surface area (Å²) >= 11 is 5.64. The van der Waals surface area contributed by atoms with Gasteiger partial charge in [-0.25, -0.2) is 22.2 Å². The Labute approximate surface area is 187 Å². The molecule has 4 N–H and O–H groups in total. The van der Waals surface area contributed by atoms with Gasteiger partial charge in [0, 0.05) is 17.3 Å². The Morgan fingerprint density at radius 2 is 1.73 bits per heavy atom. The maximum atomic E-state index is 13.6. The van der Waals surface area contributed by atoms with Crippen LogP contribution in [0.4, 0.5) is 33.5 Å². The molecule has 2 aromatic heterocycles. The fourth-order valence-corrected chi connectivity index (χ4v) is 4.64. The number of nitrogens with one attached hydrogen (secondary N) is 2. The zero-order valence-corrected chi connectivity index (χ0v) is 17.6. The fourth-order valence-electron chi connectivity index (χ4n) is 3.07. The van der Waals surface area contributed by atoms with Crippen molar-refractivity contribution in [1.29, 1.82) is 0 Å². The van der Waals surface area contributed by atoms with Gasteiger partial charge in [-0.15, -0.1) is 0 Å². The van der Waals surface area contributed by atoms with Gasteiger partial charge in [0.25, 0.3) is 10.0 Å². The van der Waals surface area contributed by atoms with Crippen molar-refractivity contribution in [2.45, 2.75) is 11.1 Å². The van der Waals surface area contributed by atoms with E-state index in [1.54, 1.807) is 0 Å². The average molecular weight is 504 g/mol. The summed E-state index contributed by atoms with van der Waals surface area (Å²) in [5.41, 5.74) is 4.39. The molecule has 2 heterocycles. The lowest BCUT2D eigenvalue weighted by atomic mass is 10.1. The third-order valence-electron chi connectivity index (χ3n) is 4.52. The molecule has 0 aliphatic carbocycles. The lowest BCUT2D eigenvalue weighted by molar-refractivity contribution is -0.139. The second-order valence-corrected chi connectivity index (χ2v) is 8.80. The molecule has 0 aliphatic rings. The van der Waals surface area contributed by atoms with Crippen molar-refractivity contribution < 1.29 is 30.4 Å². The smallest absolute Gasteiger partial charge is 0.382 e. The summed E-state index contributed by atoms with van der Waals surface area (Å²) in [6, 6.07) is 7.37. The average Bonchev–Trinajstić information content (AvgIpc) is 3.10. The number of halogens is 6. The first-order chi connectivity index (χ1) is 15.4. The Bertz CT molecular complexity index is 1490. The van der Waals surface area contributed by atoms with Crippen LogP contribution in [0, 0.1) is 11.6 Å². The Hall–Kier alpha value is -3.45. The van der Waals surface area contributed by atoms with E-state index in [0.717, 1.165) is 0 Å². The summed E-state index contributed by atoms with van der Waals surface area (Å²) in [5, 5.41) is 4.82. The summed E-state index contributed by atoms with van der Waals surface area (Å²) < 4.78 is 94.6. The summed E-state index contributed by atoms with van der Waals surface area (Å²) in [7, 11) is -4.47. The predicted octanol–water partition coefficient (Wildman–Crippen LogP) is 4.96. The first kappa shape index (κ1) is 22.7. The highest BCUT2D eigenvalue weighted by atomic mass is 35.5. The number of sulfonamides is 1. The van der Waals surface area contributed by atoms with Crippen molar-refractivity contribution in [3.8, 4) is 11.3 Å². The molecular formula is C19H11ClF5N5O2S. The number of anilines is 2. The molecule has 0 amide bonds. The van der Waals surface area contributed by atoms with Gasteiger partial charge in [0.2, 0.25) is 0 Å². The van der Waals surface area contributed by atoms with Gasteiger partial charge in [0.15, 0.2) is 11.5 Å². The molecule has 0 aliphatic heterocycles. The van der Waals surface area contributed by atoms with Gasteiger partial charge in [0.1, 0.15) is 16.5 Å². The predicted molar refractivity (Wildman–Crippen MR) is 111 cm³/mol. The van der Waals surface area contributed by atoms with E-state index in [4.69, 9.17) is 17.3 Å². The molecule has 4 rings (SSSR count). The van der Waals surface area contributed by atoms with Crippen molar-refractivity contribution in [2.75, 3.05) is 10.5 Å². The minimum absolute atomic E-state index is 0.0115. The fraction of sp³-hybridized carbons (Fsp3) is 0.0526. The number of rotatable bonds is 4. The molecule has 4 aromatic rings. The van der Waals surface area contributed by atoms with Crippen LogP contribution in [0.5, 0.6) is 0 Å². The molecule has 0 radical (unpaired) electrons. The number of pyridine rings is 1. The van der Waals surface area contributed by atoms with Gasteiger partial charge < -0.3 is 5.73 Å². The SMILES string of the molecule is Nc1n[nH]c2cc(-c3ccc(NS(=O)(=O)c4cc(F)cc(F)c4Cl)cc3)nc(C(F)(F)F)c12. The van der Waals surface area contributed by atoms with Crippen molar-refractivity contribution >= 4 is 44.0 Å². The molecule has 0 unspecified atom stereocenters. The molecule has 0 saturated carbocycles. The van der Waals surface area contributed by atoms with Crippen molar-refractivity contribution in [1.82, 2.24) is 15.2 Å². The van der Waals surface area contributed by atoms with E-state index in [9.17, 15) is 30.4 Å². The highest BCUT2D eigenvalue weighted by molar-refractivity contribution is 7.92. The quantitative estimate of drug-likeness (QED) is 0.269. The largest absolute Gasteiger partial charge is 0.434 e. The number of aromatic amines is 1. The monoisotopic (exact) mass is 503 g/mol. The molecule has 14 heteroatoms. The zero-order chi connectivity index (χ0) is 24.1. The minimum atomic E-state index is -4.80. The number of nitrogen functional groups attached to an aromatic ring is 1. The number of benzene rings is 2. The van der Waals surface area contributed by atoms with Crippen LogP contribution in [0.25, 0.3) is 22.2 Å². The summed E-state index contributed by atoms with van der Waals surface area (Å²) in [6.07, 6.45) is -4.80. The number of hydrogen-bond acceptors (Lipinski definition) is 5. The van der Waals surface area contributed by atoms with Crippen LogP contribution in [0.1, 0.15) is 5.69 Å². The molecular weight excluding hydrogens is 493 g/mol. The van der Waals surface area contributed by atoms with Crippen LogP contribution < -0.4 is 10.5 Å². The normalized spacial score (nSPS) is 12.3. The van der Waals surface area contributed by atoms with Gasteiger partial charge in [0.05, 0.1) is 21.6 Å². The third-order valence-corrected chi connectivity index (χ3v) is 6.42. The number of aromatic nitrogens is 3. The summed E-state index contributed by atoms with van der Waals surface area (Å²) in [4.78, 5) is 2.84. The maximum absolute atomic E-state index is 13.6. The van der Waals surface area contributed by atoms with E-state index in [1.807, 2.05) is 0 Å². The highest BCUT2D eigenvalue weighted by Crippen LogP contribution is 2.37. The van der Waals surface area contributed by atoms with Crippen LogP contribution >= 0.6 is 11.6 Å². The van der Waals surface area contributed by atoms with E-state index in [2.05, 4.69) is 19.9 Å². The Morgan fingerprint density at radius 3 is 2.36 bits per heavy atom. The van der Waals surface area contributed by atoms with Gasteiger partial charge in [-0.2, -0.15) is 18.3 Å². The van der Waals surface area contributed by atoms with Crippen molar-refractivity contribution in [2.24, 2.45) is 0 Å². The lowest BCUT2D eigenvalue weighted by Crippen LogP contribution is -2.14. The second kappa shape index (κ2) is 7.85. The van der Waals surface area contributed by atoms with Gasteiger partial charge in [-0.1, -0.05) is 23.7 Å². The topological polar surface area (TPSA) is 114 Å². The van der Waals surface area contributed by atoms with Gasteiger partial charge in [-0.3, -0.25) is 9.82 Å². The Morgan fingerprint density at radius 1 is 1.06 bits per heavy atom. The van der Waals surface area contributed by atoms with Crippen LogP contribution in [-0.2, 0) is 16.2 Å². The first-order valence-electron chi connectivity index (χ1n) is 8.86. The maximum Gasteiger partial charge on any atom is 0.434 e. The van der Waals surface area contributed by atoms with Gasteiger partial charge in [-0.05, 0) is 24.3 Å². The molecule has 7 nitrogen and oxygen atoms in total. The summed E-state index contributed by atoms with van der Waals surface area (Å²) in [5.74, 6) is -2.75. The molecule has 0 fully saturated rings. The number of fused-ring (bicyclic) bond motifs is 1. The van der Waals surface area contributed by atoms with E-state index in [0.29, 0.717) is 12.1 Å². The molecule has 172 valence electrons. The molecule has 0 atom stereocenters. The zero-order valence-electron chi connectivity index (χ0n) is 16.0. The number of hydrogen-bond donors (Lipinski definition) is 3. The highest BCUT2D eigenvalue weighted by Gasteiger charge is 2.37. The Kier molecular flexibility index (Phi) is 5.41. The number of H-pyrrole nitrogens is 1. The molecule has 0 saturated heterocycles. The van der Waals surface area contributed by atoms with E-state index < -0.39 is 43.4 Å². The molecule has 0 bridgehead atoms. The standard InChI is InChI=1S/C19H11ClF5N5O2S/c20-16-11(22)5-9(21)6-14(16)33(31,32)30-10-3-1-8(2-4-10)12-7-13-15(18(26)29-28-13)17(27-12)19(23,24)25/h1-7,30H,(H3,26,28,29). The van der Waals surface area contributed by atoms with Crippen LogP contribution in [0.2, 0.25) is 5.02 Å². The Balaban J connectivity index is 1.69. The first-order valence-corrected chi connectivity index (χ1v) is 10.7. The summed E-state index contributed by atoms with van der Waals surface area (Å²) in [6.45, 7) is 0. The van der Waals surface area contributed by atoms with Crippen LogP contribution in [0.15, 0.2) is 47.4 Å². The number of nitrogens with zero attached hydrogens (tertiary/aromatic N) is 2. The molecule has 2 aromatic carbocycles. The van der Waals surface area contributed by atoms with Crippen LogP contribution in [-0.4, -0.2) is 23.6 Å². The van der Waals surface area contributed by atoms with E-state index >= 15 is 0 Å². The number of nitrogens with two attached hydrogens (primary N) is 1. The van der Waals surface area contributed by atoms with Crippen molar-refractivity contribution in [3.05, 3.63) is 64.8 Å². The van der Waals surface area contributed by atoms with E-state index in [1.165, 1.54) is 30.3 Å². The third kappa shape index (κ3) is 4.28. The lowest BCUT2D eigenvalue weighted by Gasteiger charge is -2.12.